The van der Waals surface area contributed by atoms with Crippen molar-refractivity contribution in [3.8, 4) is 0 Å². The fourth-order valence-electron chi connectivity index (χ4n) is 2.17. The third-order valence-electron chi connectivity index (χ3n) is 3.04. The minimum atomic E-state index is 0.00816. The smallest absolute Gasteiger partial charge is 0.164 e. The summed E-state index contributed by atoms with van der Waals surface area (Å²) < 4.78 is 7.57. The first-order valence-corrected chi connectivity index (χ1v) is 5.82. The molecule has 88 valence electrons. The van der Waals surface area contributed by atoms with Crippen LogP contribution in [0.15, 0.2) is 19.1 Å². The van der Waals surface area contributed by atoms with Crippen LogP contribution in [0, 0.1) is 0 Å². The van der Waals surface area contributed by atoms with Crippen LogP contribution in [0.4, 0.5) is 0 Å². The fourth-order valence-corrected chi connectivity index (χ4v) is 2.17. The molecule has 17 heavy (non-hydrogen) atoms. The van der Waals surface area contributed by atoms with Crippen molar-refractivity contribution in [3.63, 3.8) is 0 Å². The highest BCUT2D eigenvalue weighted by atomic mass is 16.5. The Morgan fingerprint density at radius 2 is 2.35 bits per heavy atom. The van der Waals surface area contributed by atoms with Gasteiger partial charge in [0.25, 0.3) is 0 Å². The normalized spacial score (nSPS) is 20.6. The van der Waals surface area contributed by atoms with Crippen LogP contribution in [0.1, 0.15) is 31.2 Å². The van der Waals surface area contributed by atoms with E-state index in [1.165, 1.54) is 6.42 Å². The van der Waals surface area contributed by atoms with E-state index in [2.05, 4.69) is 21.6 Å². The third kappa shape index (κ3) is 1.72. The molecular weight excluding hydrogens is 216 g/mol. The zero-order chi connectivity index (χ0) is 11.7. The van der Waals surface area contributed by atoms with Crippen molar-refractivity contribution >= 4 is 17.1 Å². The van der Waals surface area contributed by atoms with Gasteiger partial charge in [-0.2, -0.15) is 5.10 Å². The molecular formula is C12H14N4O. The number of hydrogen-bond acceptors (Lipinski definition) is 4. The molecule has 0 radical (unpaired) electrons. The van der Waals surface area contributed by atoms with Crippen molar-refractivity contribution in [2.45, 2.75) is 25.5 Å². The van der Waals surface area contributed by atoms with Crippen LogP contribution in [-0.2, 0) is 4.74 Å². The molecule has 0 aliphatic carbocycles. The minimum Gasteiger partial charge on any atom is -0.356 e. The minimum absolute atomic E-state index is 0.00816. The maximum Gasteiger partial charge on any atom is 0.164 e. The standard InChI is InChI=1S/C12H14N4O/c1-2-10-9-7-15-16(12(9)14-8-13-10)11-5-3-4-6-17-11/h2,7-8,11H,1,3-6H2. The highest BCUT2D eigenvalue weighted by molar-refractivity contribution is 5.82. The Balaban J connectivity index is 2.08. The lowest BCUT2D eigenvalue weighted by Crippen LogP contribution is -2.19. The number of rotatable bonds is 2. The molecule has 0 saturated carbocycles. The molecule has 2 aromatic rings. The number of ether oxygens (including phenoxy) is 1. The predicted octanol–water partition coefficient (Wildman–Crippen LogP) is 2.17. The van der Waals surface area contributed by atoms with E-state index in [1.807, 2.05) is 4.68 Å². The number of nitrogens with zero attached hydrogens (tertiary/aromatic N) is 4. The molecule has 1 atom stereocenters. The second-order valence-corrected chi connectivity index (χ2v) is 4.11. The lowest BCUT2D eigenvalue weighted by molar-refractivity contribution is -0.0370. The molecule has 2 aromatic heterocycles. The van der Waals surface area contributed by atoms with E-state index in [9.17, 15) is 0 Å². The second-order valence-electron chi connectivity index (χ2n) is 4.11. The first-order valence-electron chi connectivity index (χ1n) is 5.82. The molecule has 0 aromatic carbocycles. The molecule has 0 bridgehead atoms. The van der Waals surface area contributed by atoms with Crippen molar-refractivity contribution in [2.24, 2.45) is 0 Å². The summed E-state index contributed by atoms with van der Waals surface area (Å²) in [7, 11) is 0. The van der Waals surface area contributed by atoms with Crippen LogP contribution in [0.2, 0.25) is 0 Å². The van der Waals surface area contributed by atoms with E-state index in [0.29, 0.717) is 0 Å². The number of hydrogen-bond donors (Lipinski definition) is 0. The van der Waals surface area contributed by atoms with Gasteiger partial charge in [0.15, 0.2) is 11.9 Å². The Morgan fingerprint density at radius 3 is 3.12 bits per heavy atom. The van der Waals surface area contributed by atoms with Crippen molar-refractivity contribution in [3.05, 3.63) is 24.8 Å². The maximum atomic E-state index is 5.72. The number of aromatic nitrogens is 4. The Morgan fingerprint density at radius 1 is 1.41 bits per heavy atom. The van der Waals surface area contributed by atoms with Crippen molar-refractivity contribution in [2.75, 3.05) is 6.61 Å². The van der Waals surface area contributed by atoms with E-state index >= 15 is 0 Å². The quantitative estimate of drug-likeness (QED) is 0.793. The van der Waals surface area contributed by atoms with E-state index in [1.54, 1.807) is 18.6 Å². The summed E-state index contributed by atoms with van der Waals surface area (Å²) in [5, 5.41) is 5.30. The molecule has 0 amide bonds. The Labute approximate surface area is 99.1 Å². The zero-order valence-corrected chi connectivity index (χ0v) is 9.54. The lowest BCUT2D eigenvalue weighted by Gasteiger charge is -2.22. The van der Waals surface area contributed by atoms with Gasteiger partial charge in [0, 0.05) is 6.61 Å². The topological polar surface area (TPSA) is 52.8 Å². The summed E-state index contributed by atoms with van der Waals surface area (Å²) in [6, 6.07) is 0. The maximum absolute atomic E-state index is 5.72. The molecule has 3 heterocycles. The number of fused-ring (bicyclic) bond motifs is 1. The van der Waals surface area contributed by atoms with Gasteiger partial charge in [-0.1, -0.05) is 6.58 Å². The highest BCUT2D eigenvalue weighted by Gasteiger charge is 2.19. The third-order valence-corrected chi connectivity index (χ3v) is 3.04. The van der Waals surface area contributed by atoms with Crippen LogP contribution < -0.4 is 0 Å². The highest BCUT2D eigenvalue weighted by Crippen LogP contribution is 2.25. The van der Waals surface area contributed by atoms with Crippen molar-refractivity contribution < 1.29 is 4.74 Å². The molecule has 5 heteroatoms. The molecule has 1 fully saturated rings. The van der Waals surface area contributed by atoms with Gasteiger partial charge in [0.2, 0.25) is 0 Å². The first kappa shape index (κ1) is 10.4. The molecule has 0 spiro atoms. The van der Waals surface area contributed by atoms with Gasteiger partial charge in [-0.05, 0) is 25.3 Å². The average molecular weight is 230 g/mol. The van der Waals surface area contributed by atoms with Crippen LogP contribution >= 0.6 is 0 Å². The van der Waals surface area contributed by atoms with Gasteiger partial charge in [-0.15, -0.1) is 0 Å². The molecule has 1 saturated heterocycles. The van der Waals surface area contributed by atoms with Crippen LogP contribution in [0.5, 0.6) is 0 Å². The Hall–Kier alpha value is -1.75. The van der Waals surface area contributed by atoms with Gasteiger partial charge >= 0.3 is 0 Å². The summed E-state index contributed by atoms with van der Waals surface area (Å²) >= 11 is 0. The van der Waals surface area contributed by atoms with Crippen molar-refractivity contribution in [1.82, 2.24) is 19.7 Å². The van der Waals surface area contributed by atoms with Crippen LogP contribution in [0.25, 0.3) is 17.1 Å². The Bertz CT molecular complexity index is 542. The van der Waals surface area contributed by atoms with Gasteiger partial charge < -0.3 is 4.74 Å². The molecule has 1 unspecified atom stereocenters. The zero-order valence-electron chi connectivity index (χ0n) is 9.54. The predicted molar refractivity (Wildman–Crippen MR) is 64.3 cm³/mol. The fraction of sp³-hybridized carbons (Fsp3) is 0.417. The van der Waals surface area contributed by atoms with Gasteiger partial charge in [-0.3, -0.25) is 0 Å². The molecule has 1 aliphatic heterocycles. The molecule has 0 N–H and O–H groups in total. The molecule has 5 nitrogen and oxygen atoms in total. The molecule has 1 aliphatic rings. The Kier molecular flexibility index (Phi) is 2.60. The largest absolute Gasteiger partial charge is 0.356 e. The van der Waals surface area contributed by atoms with Crippen LogP contribution in [-0.4, -0.2) is 26.4 Å². The lowest BCUT2D eigenvalue weighted by atomic mass is 10.2. The van der Waals surface area contributed by atoms with Gasteiger partial charge in [-0.25, -0.2) is 14.6 Å². The summed E-state index contributed by atoms with van der Waals surface area (Å²) in [4.78, 5) is 8.45. The summed E-state index contributed by atoms with van der Waals surface area (Å²) in [6.07, 6.45) is 8.34. The monoisotopic (exact) mass is 230 g/mol. The summed E-state index contributed by atoms with van der Waals surface area (Å²) in [5.74, 6) is 0. The van der Waals surface area contributed by atoms with Gasteiger partial charge in [0.05, 0.1) is 17.3 Å². The SMILES string of the molecule is C=Cc1ncnc2c1cnn2C1CCCCO1. The van der Waals surface area contributed by atoms with Crippen LogP contribution in [0.3, 0.4) is 0 Å². The molecule has 3 rings (SSSR count). The van der Waals surface area contributed by atoms with E-state index in [4.69, 9.17) is 4.74 Å². The summed E-state index contributed by atoms with van der Waals surface area (Å²) in [5.41, 5.74) is 1.64. The van der Waals surface area contributed by atoms with E-state index in [-0.39, 0.29) is 6.23 Å². The summed E-state index contributed by atoms with van der Waals surface area (Å²) in [6.45, 7) is 4.54. The van der Waals surface area contributed by atoms with Gasteiger partial charge in [0.1, 0.15) is 6.33 Å². The van der Waals surface area contributed by atoms with E-state index in [0.717, 1.165) is 36.2 Å². The average Bonchev–Trinajstić information content (AvgIpc) is 2.83. The second kappa shape index (κ2) is 4.25. The van der Waals surface area contributed by atoms with Crippen molar-refractivity contribution in [1.29, 1.82) is 0 Å². The van der Waals surface area contributed by atoms with E-state index < -0.39 is 0 Å². The first-order chi connectivity index (χ1) is 8.40.